The Morgan fingerprint density at radius 2 is 2.04 bits per heavy atom. The molecule has 0 radical (unpaired) electrons. The van der Waals surface area contributed by atoms with Crippen LogP contribution in [-0.4, -0.2) is 31.3 Å². The average molecular weight is 361 g/mol. The summed E-state index contributed by atoms with van der Waals surface area (Å²) < 4.78 is 10.3. The fourth-order valence-corrected chi connectivity index (χ4v) is 4.23. The first kappa shape index (κ1) is 18.2. The molecule has 0 heterocycles. The first-order chi connectivity index (χ1) is 12.4. The normalized spacial score (nSPS) is 26.9. The summed E-state index contributed by atoms with van der Waals surface area (Å²) in [7, 11) is 2.85. The van der Waals surface area contributed by atoms with Gasteiger partial charge in [-0.05, 0) is 30.2 Å². The number of rotatable bonds is 6. The number of hydrazone groups is 1. The zero-order chi connectivity index (χ0) is 18.9. The van der Waals surface area contributed by atoms with Crippen molar-refractivity contribution in [2.24, 2.45) is 22.4 Å². The van der Waals surface area contributed by atoms with E-state index in [1.807, 2.05) is 0 Å². The highest BCUT2D eigenvalue weighted by atomic mass is 16.6. The van der Waals surface area contributed by atoms with Gasteiger partial charge in [-0.25, -0.2) is 5.43 Å². The van der Waals surface area contributed by atoms with E-state index in [-0.39, 0.29) is 34.2 Å². The van der Waals surface area contributed by atoms with Crippen LogP contribution in [0.1, 0.15) is 38.2 Å². The second kappa shape index (κ2) is 6.93. The number of hydrogen-bond acceptors (Lipinski definition) is 6. The highest BCUT2D eigenvalue weighted by Gasteiger charge is 2.64. The van der Waals surface area contributed by atoms with Gasteiger partial charge in [0.15, 0.2) is 11.5 Å². The van der Waals surface area contributed by atoms with Gasteiger partial charge in [0.05, 0.1) is 37.0 Å². The summed E-state index contributed by atoms with van der Waals surface area (Å²) >= 11 is 0. The minimum absolute atomic E-state index is 0.0115. The van der Waals surface area contributed by atoms with Crippen molar-refractivity contribution in [3.05, 3.63) is 27.8 Å². The molecule has 0 saturated heterocycles. The molecule has 26 heavy (non-hydrogen) atoms. The van der Waals surface area contributed by atoms with Gasteiger partial charge in [0, 0.05) is 5.92 Å². The molecule has 2 aliphatic carbocycles. The van der Waals surface area contributed by atoms with Crippen molar-refractivity contribution in [3.8, 4) is 11.5 Å². The minimum atomic E-state index is -0.526. The number of nitro groups is 1. The van der Waals surface area contributed by atoms with Gasteiger partial charge in [0.2, 0.25) is 5.91 Å². The van der Waals surface area contributed by atoms with E-state index >= 15 is 0 Å². The van der Waals surface area contributed by atoms with Crippen LogP contribution in [-0.2, 0) is 4.79 Å². The summed E-state index contributed by atoms with van der Waals surface area (Å²) in [5.74, 6) is 0.921. The maximum atomic E-state index is 12.4. The smallest absolute Gasteiger partial charge is 0.282 e. The lowest BCUT2D eigenvalue weighted by Gasteiger charge is -2.15. The van der Waals surface area contributed by atoms with E-state index in [0.29, 0.717) is 11.7 Å². The zero-order valence-corrected chi connectivity index (χ0v) is 15.2. The number of carbonyl (C=O) groups excluding carboxylic acids is 1. The summed E-state index contributed by atoms with van der Waals surface area (Å²) in [5.41, 5.74) is 2.69. The number of nitrogens with one attached hydrogen (secondary N) is 1. The summed E-state index contributed by atoms with van der Waals surface area (Å²) in [6.45, 7) is 2.16. The number of methoxy groups -OCH3 is 2. The first-order valence-electron chi connectivity index (χ1n) is 8.65. The van der Waals surface area contributed by atoms with Crippen LogP contribution in [0.15, 0.2) is 17.2 Å². The molecule has 2 aliphatic rings. The second-order valence-corrected chi connectivity index (χ2v) is 7.09. The molecule has 0 aromatic heterocycles. The van der Waals surface area contributed by atoms with Crippen molar-refractivity contribution in [2.75, 3.05) is 14.2 Å². The summed E-state index contributed by atoms with van der Waals surface area (Å²) in [4.78, 5) is 23.2. The third-order valence-corrected chi connectivity index (χ3v) is 5.72. The van der Waals surface area contributed by atoms with E-state index in [9.17, 15) is 14.9 Å². The number of nitro benzene ring substituents is 1. The molecule has 140 valence electrons. The standard InChI is InChI=1S/C18H23N3O5/c1-18-7-5-4-6-12(18)16(18)17(22)20-19-10-11-8-14(25-2)15(26-3)9-13(11)21(23)24/h8-10,12,16H,4-7H2,1-3H3,(H,20,22). The molecule has 1 aromatic rings. The Morgan fingerprint density at radius 1 is 1.35 bits per heavy atom. The molecular formula is C18H23N3O5. The predicted molar refractivity (Wildman–Crippen MR) is 95.5 cm³/mol. The quantitative estimate of drug-likeness (QED) is 0.477. The number of fused-ring (bicyclic) bond motifs is 1. The van der Waals surface area contributed by atoms with E-state index in [4.69, 9.17) is 9.47 Å². The van der Waals surface area contributed by atoms with Crippen LogP contribution in [0.3, 0.4) is 0 Å². The molecule has 0 spiro atoms. The fourth-order valence-electron chi connectivity index (χ4n) is 4.23. The van der Waals surface area contributed by atoms with Gasteiger partial charge in [0.25, 0.3) is 5.69 Å². The highest BCUT2D eigenvalue weighted by Crippen LogP contribution is 2.66. The molecule has 0 bridgehead atoms. The van der Waals surface area contributed by atoms with Crippen LogP contribution in [0.2, 0.25) is 0 Å². The molecule has 1 aromatic carbocycles. The van der Waals surface area contributed by atoms with E-state index in [1.54, 1.807) is 0 Å². The Balaban J connectivity index is 1.74. The van der Waals surface area contributed by atoms with Gasteiger partial charge >= 0.3 is 0 Å². The van der Waals surface area contributed by atoms with Crippen LogP contribution >= 0.6 is 0 Å². The van der Waals surface area contributed by atoms with Crippen molar-refractivity contribution in [1.29, 1.82) is 0 Å². The molecule has 2 saturated carbocycles. The Morgan fingerprint density at radius 3 is 2.62 bits per heavy atom. The third-order valence-electron chi connectivity index (χ3n) is 5.72. The van der Waals surface area contributed by atoms with Crippen molar-refractivity contribution in [1.82, 2.24) is 5.43 Å². The zero-order valence-electron chi connectivity index (χ0n) is 15.2. The van der Waals surface area contributed by atoms with Gasteiger partial charge in [0.1, 0.15) is 0 Å². The lowest BCUT2D eigenvalue weighted by Crippen LogP contribution is -2.22. The third kappa shape index (κ3) is 3.11. The molecule has 3 rings (SSSR count). The van der Waals surface area contributed by atoms with Gasteiger partial charge in [-0.3, -0.25) is 14.9 Å². The fraction of sp³-hybridized carbons (Fsp3) is 0.556. The van der Waals surface area contributed by atoms with Crippen LogP contribution in [0.25, 0.3) is 0 Å². The Kier molecular flexibility index (Phi) is 4.84. The topological polar surface area (TPSA) is 103 Å². The molecule has 2 fully saturated rings. The van der Waals surface area contributed by atoms with Crippen molar-refractivity contribution < 1.29 is 19.2 Å². The molecule has 8 nitrogen and oxygen atoms in total. The monoisotopic (exact) mass is 361 g/mol. The molecule has 0 aliphatic heterocycles. The average Bonchev–Trinajstić information content (AvgIpc) is 3.26. The maximum absolute atomic E-state index is 12.4. The van der Waals surface area contributed by atoms with Gasteiger partial charge in [-0.1, -0.05) is 19.8 Å². The van der Waals surface area contributed by atoms with Gasteiger partial charge in [-0.15, -0.1) is 0 Å². The van der Waals surface area contributed by atoms with Crippen LogP contribution in [0.5, 0.6) is 11.5 Å². The number of hydrogen-bond donors (Lipinski definition) is 1. The molecular weight excluding hydrogens is 338 g/mol. The molecule has 1 amide bonds. The predicted octanol–water partition coefficient (Wildman–Crippen LogP) is 2.89. The lowest BCUT2D eigenvalue weighted by molar-refractivity contribution is -0.385. The van der Waals surface area contributed by atoms with Crippen LogP contribution < -0.4 is 14.9 Å². The number of nitrogens with zero attached hydrogens (tertiary/aromatic N) is 2. The number of ether oxygens (including phenoxy) is 2. The molecule has 3 unspecified atom stereocenters. The molecule has 8 heteroatoms. The van der Waals surface area contributed by atoms with Gasteiger partial charge < -0.3 is 9.47 Å². The van der Waals surface area contributed by atoms with Crippen LogP contribution in [0, 0.1) is 27.4 Å². The number of carbonyl (C=O) groups is 1. The Labute approximate surface area is 151 Å². The summed E-state index contributed by atoms with van der Waals surface area (Å²) in [6, 6.07) is 2.74. The molecule has 3 atom stereocenters. The SMILES string of the molecule is COc1cc(C=NNC(=O)C2C3CCCCC32C)c([N+](=O)[O-])cc1OC. The Bertz CT molecular complexity index is 763. The number of benzene rings is 1. The lowest BCUT2D eigenvalue weighted by atomic mass is 9.90. The Hall–Kier alpha value is -2.64. The summed E-state index contributed by atoms with van der Waals surface area (Å²) in [5, 5.41) is 15.2. The summed E-state index contributed by atoms with van der Waals surface area (Å²) in [6.07, 6.45) is 5.76. The van der Waals surface area contributed by atoms with E-state index < -0.39 is 4.92 Å². The maximum Gasteiger partial charge on any atom is 0.282 e. The first-order valence-corrected chi connectivity index (χ1v) is 8.65. The van der Waals surface area contributed by atoms with Gasteiger partial charge in [-0.2, -0.15) is 5.10 Å². The number of amides is 1. The molecule has 1 N–H and O–H groups in total. The van der Waals surface area contributed by atoms with E-state index in [1.165, 1.54) is 39.0 Å². The minimum Gasteiger partial charge on any atom is -0.493 e. The van der Waals surface area contributed by atoms with Crippen molar-refractivity contribution in [2.45, 2.75) is 32.6 Å². The second-order valence-electron chi connectivity index (χ2n) is 7.09. The largest absolute Gasteiger partial charge is 0.493 e. The van der Waals surface area contributed by atoms with Crippen molar-refractivity contribution in [3.63, 3.8) is 0 Å². The van der Waals surface area contributed by atoms with E-state index in [2.05, 4.69) is 17.5 Å². The van der Waals surface area contributed by atoms with Crippen LogP contribution in [0.4, 0.5) is 5.69 Å². The van der Waals surface area contributed by atoms with Crippen molar-refractivity contribution >= 4 is 17.8 Å². The highest BCUT2D eigenvalue weighted by molar-refractivity contribution is 5.89. The van der Waals surface area contributed by atoms with E-state index in [0.717, 1.165) is 19.3 Å².